The zero-order valence-electron chi connectivity index (χ0n) is 11.3. The molecule has 0 aliphatic carbocycles. The molecule has 1 aromatic heterocycles. The van der Waals surface area contributed by atoms with Crippen LogP contribution in [0.4, 0.5) is 5.13 Å². The summed E-state index contributed by atoms with van der Waals surface area (Å²) in [5.74, 6) is 1.17. The van der Waals surface area contributed by atoms with E-state index in [1.54, 1.807) is 0 Å². The van der Waals surface area contributed by atoms with E-state index in [-0.39, 0.29) is 5.91 Å². The van der Waals surface area contributed by atoms with E-state index in [4.69, 9.17) is 17.3 Å². The molecule has 0 fully saturated rings. The minimum absolute atomic E-state index is 0.0390. The Kier molecular flexibility index (Phi) is 6.35. The number of rotatable bonds is 7. The maximum atomic E-state index is 11.7. The number of hydrogen-bond donors (Lipinski definition) is 2. The molecule has 0 saturated heterocycles. The number of nitrogens with one attached hydrogen (secondary N) is 1. The molecule has 0 aliphatic heterocycles. The second-order valence-corrected chi connectivity index (χ2v) is 6.71. The Hall–Kier alpha value is -1.24. The summed E-state index contributed by atoms with van der Waals surface area (Å²) in [6.45, 7) is 0.630. The van der Waals surface area contributed by atoms with E-state index in [0.717, 1.165) is 22.7 Å². The molecule has 3 N–H and O–H groups in total. The van der Waals surface area contributed by atoms with Crippen LogP contribution in [0.2, 0.25) is 5.02 Å². The molecule has 1 heterocycles. The van der Waals surface area contributed by atoms with E-state index in [0.29, 0.717) is 23.2 Å². The van der Waals surface area contributed by atoms with Gasteiger partial charge < -0.3 is 11.1 Å². The minimum atomic E-state index is 0.0390. The van der Waals surface area contributed by atoms with Crippen molar-refractivity contribution in [1.29, 1.82) is 0 Å². The number of anilines is 1. The van der Waals surface area contributed by atoms with Gasteiger partial charge in [-0.2, -0.15) is 0 Å². The van der Waals surface area contributed by atoms with Crippen molar-refractivity contribution in [3.05, 3.63) is 45.9 Å². The van der Waals surface area contributed by atoms with Gasteiger partial charge in [-0.05, 0) is 24.1 Å². The third-order valence-corrected chi connectivity index (χ3v) is 4.64. The SMILES string of the molecule is Nc1nc(CSCC(=O)NCCc2ccc(Cl)cc2)cs1. The Morgan fingerprint density at radius 2 is 2.14 bits per heavy atom. The molecule has 112 valence electrons. The van der Waals surface area contributed by atoms with Crippen molar-refractivity contribution in [2.45, 2.75) is 12.2 Å². The summed E-state index contributed by atoms with van der Waals surface area (Å²) in [4.78, 5) is 15.8. The Bertz CT molecular complexity index is 586. The number of thioether (sulfide) groups is 1. The van der Waals surface area contributed by atoms with Crippen LogP contribution in [0, 0.1) is 0 Å². The van der Waals surface area contributed by atoms with Gasteiger partial charge in [-0.25, -0.2) is 4.98 Å². The Morgan fingerprint density at radius 3 is 2.81 bits per heavy atom. The molecule has 0 unspecified atom stereocenters. The van der Waals surface area contributed by atoms with E-state index in [2.05, 4.69) is 10.3 Å². The van der Waals surface area contributed by atoms with E-state index < -0.39 is 0 Å². The molecule has 21 heavy (non-hydrogen) atoms. The molecule has 1 amide bonds. The maximum absolute atomic E-state index is 11.7. The van der Waals surface area contributed by atoms with Gasteiger partial charge in [-0.15, -0.1) is 23.1 Å². The number of aromatic nitrogens is 1. The van der Waals surface area contributed by atoms with Gasteiger partial charge >= 0.3 is 0 Å². The lowest BCUT2D eigenvalue weighted by Crippen LogP contribution is -2.27. The number of nitrogens with two attached hydrogens (primary N) is 1. The minimum Gasteiger partial charge on any atom is -0.375 e. The lowest BCUT2D eigenvalue weighted by atomic mass is 10.1. The molecular weight excluding hydrogens is 326 g/mol. The highest BCUT2D eigenvalue weighted by Gasteiger charge is 2.04. The number of benzene rings is 1. The van der Waals surface area contributed by atoms with Crippen LogP contribution in [-0.2, 0) is 17.0 Å². The Morgan fingerprint density at radius 1 is 1.38 bits per heavy atom. The van der Waals surface area contributed by atoms with Crippen LogP contribution in [0.15, 0.2) is 29.6 Å². The highest BCUT2D eigenvalue weighted by molar-refractivity contribution is 7.99. The monoisotopic (exact) mass is 341 g/mol. The number of hydrogen-bond acceptors (Lipinski definition) is 5. The number of nitrogens with zero attached hydrogens (tertiary/aromatic N) is 1. The van der Waals surface area contributed by atoms with Gasteiger partial charge in [0, 0.05) is 22.7 Å². The Labute approximate surface area is 137 Å². The summed E-state index contributed by atoms with van der Waals surface area (Å²) < 4.78 is 0. The lowest BCUT2D eigenvalue weighted by molar-refractivity contribution is -0.118. The molecule has 0 atom stereocenters. The highest BCUT2D eigenvalue weighted by Crippen LogP contribution is 2.16. The van der Waals surface area contributed by atoms with Crippen molar-refractivity contribution in [1.82, 2.24) is 10.3 Å². The topological polar surface area (TPSA) is 68.0 Å². The summed E-state index contributed by atoms with van der Waals surface area (Å²) in [7, 11) is 0. The molecular formula is C14H16ClN3OS2. The average Bonchev–Trinajstić information content (AvgIpc) is 2.87. The summed E-state index contributed by atoms with van der Waals surface area (Å²) in [5, 5.41) is 6.11. The van der Waals surface area contributed by atoms with Gasteiger partial charge in [0.05, 0.1) is 11.4 Å². The van der Waals surface area contributed by atoms with Crippen molar-refractivity contribution in [2.24, 2.45) is 0 Å². The molecule has 0 saturated carbocycles. The molecule has 0 bridgehead atoms. The predicted molar refractivity (Wildman–Crippen MR) is 90.9 cm³/mol. The van der Waals surface area contributed by atoms with Gasteiger partial charge in [0.25, 0.3) is 0 Å². The van der Waals surface area contributed by atoms with E-state index in [1.807, 2.05) is 29.6 Å². The highest BCUT2D eigenvalue weighted by atomic mass is 35.5. The van der Waals surface area contributed by atoms with E-state index in [1.165, 1.54) is 23.1 Å². The smallest absolute Gasteiger partial charge is 0.230 e. The van der Waals surface area contributed by atoms with Crippen molar-refractivity contribution >= 4 is 45.7 Å². The first-order valence-electron chi connectivity index (χ1n) is 6.42. The number of carbonyl (C=O) groups is 1. The second kappa shape index (κ2) is 8.26. The Balaban J connectivity index is 1.60. The van der Waals surface area contributed by atoms with Crippen LogP contribution >= 0.6 is 34.7 Å². The zero-order chi connectivity index (χ0) is 15.1. The third kappa shape index (κ3) is 5.95. The number of thiazole rings is 1. The van der Waals surface area contributed by atoms with Crippen LogP contribution in [-0.4, -0.2) is 23.2 Å². The lowest BCUT2D eigenvalue weighted by Gasteiger charge is -2.05. The molecule has 0 aliphatic rings. The fourth-order valence-corrected chi connectivity index (χ4v) is 3.23. The summed E-state index contributed by atoms with van der Waals surface area (Å²) in [6.07, 6.45) is 0.802. The van der Waals surface area contributed by atoms with Crippen LogP contribution < -0.4 is 11.1 Å². The van der Waals surface area contributed by atoms with Crippen LogP contribution in [0.5, 0.6) is 0 Å². The van der Waals surface area contributed by atoms with Crippen molar-refractivity contribution in [3.8, 4) is 0 Å². The molecule has 0 radical (unpaired) electrons. The molecule has 7 heteroatoms. The van der Waals surface area contributed by atoms with Crippen molar-refractivity contribution in [2.75, 3.05) is 18.0 Å². The number of nitrogen functional groups attached to an aromatic ring is 1. The third-order valence-electron chi connectivity index (χ3n) is 2.70. The van der Waals surface area contributed by atoms with Crippen LogP contribution in [0.25, 0.3) is 0 Å². The number of halogens is 1. The zero-order valence-corrected chi connectivity index (χ0v) is 13.7. The first-order valence-corrected chi connectivity index (χ1v) is 8.83. The summed E-state index contributed by atoms with van der Waals surface area (Å²) in [6, 6.07) is 7.65. The first kappa shape index (κ1) is 16.1. The molecule has 1 aromatic carbocycles. The van der Waals surface area contributed by atoms with Gasteiger partial charge in [0.15, 0.2) is 5.13 Å². The molecule has 2 rings (SSSR count). The largest absolute Gasteiger partial charge is 0.375 e. The van der Waals surface area contributed by atoms with Crippen molar-refractivity contribution in [3.63, 3.8) is 0 Å². The van der Waals surface area contributed by atoms with Crippen molar-refractivity contribution < 1.29 is 4.79 Å². The van der Waals surface area contributed by atoms with E-state index >= 15 is 0 Å². The first-order chi connectivity index (χ1) is 10.1. The molecule has 4 nitrogen and oxygen atoms in total. The van der Waals surface area contributed by atoms with Crippen LogP contribution in [0.1, 0.15) is 11.3 Å². The normalized spacial score (nSPS) is 10.5. The van der Waals surface area contributed by atoms with Gasteiger partial charge in [-0.1, -0.05) is 23.7 Å². The standard InChI is InChI=1S/C14H16ClN3OS2/c15-11-3-1-10(2-4-11)5-6-17-13(19)9-20-7-12-8-21-14(16)18-12/h1-4,8H,5-7,9H2,(H2,16,18)(H,17,19). The van der Waals surface area contributed by atoms with Gasteiger partial charge in [-0.3, -0.25) is 4.79 Å². The average molecular weight is 342 g/mol. The number of carbonyl (C=O) groups excluding carboxylic acids is 1. The summed E-state index contributed by atoms with van der Waals surface area (Å²) >= 11 is 8.77. The summed E-state index contributed by atoms with van der Waals surface area (Å²) in [5.41, 5.74) is 7.64. The predicted octanol–water partition coefficient (Wildman–Crippen LogP) is 2.97. The van der Waals surface area contributed by atoms with Gasteiger partial charge in [0.2, 0.25) is 5.91 Å². The number of amides is 1. The second-order valence-electron chi connectivity index (χ2n) is 4.40. The quantitative estimate of drug-likeness (QED) is 0.812. The fraction of sp³-hybridized carbons (Fsp3) is 0.286. The fourth-order valence-electron chi connectivity index (χ4n) is 1.69. The molecule has 2 aromatic rings. The van der Waals surface area contributed by atoms with Crippen LogP contribution in [0.3, 0.4) is 0 Å². The molecule has 0 spiro atoms. The van der Waals surface area contributed by atoms with E-state index in [9.17, 15) is 4.79 Å². The van der Waals surface area contributed by atoms with Gasteiger partial charge in [0.1, 0.15) is 0 Å². The maximum Gasteiger partial charge on any atom is 0.230 e.